The van der Waals surface area contributed by atoms with E-state index in [0.29, 0.717) is 6.04 Å². The average molecular weight is 252 g/mol. The van der Waals surface area contributed by atoms with Crippen molar-refractivity contribution in [3.8, 4) is 0 Å². The number of rotatable bonds is 7. The highest BCUT2D eigenvalue weighted by Crippen LogP contribution is 2.37. The van der Waals surface area contributed by atoms with Crippen molar-refractivity contribution in [2.24, 2.45) is 23.6 Å². The molecule has 2 aliphatic rings. The van der Waals surface area contributed by atoms with Crippen LogP contribution in [0, 0.1) is 17.8 Å². The maximum absolute atomic E-state index is 5.80. The molecule has 2 rings (SSSR count). The van der Waals surface area contributed by atoms with Crippen LogP contribution in [-0.2, 0) is 0 Å². The predicted molar refractivity (Wildman–Crippen MR) is 78.0 cm³/mol. The van der Waals surface area contributed by atoms with Gasteiger partial charge in [-0.15, -0.1) is 0 Å². The zero-order valence-corrected chi connectivity index (χ0v) is 12.2. The van der Waals surface area contributed by atoms with Crippen molar-refractivity contribution in [1.82, 2.24) is 5.43 Å². The van der Waals surface area contributed by atoms with Gasteiger partial charge in [-0.3, -0.25) is 11.3 Å². The molecule has 0 amide bonds. The van der Waals surface area contributed by atoms with Gasteiger partial charge in [-0.2, -0.15) is 0 Å². The minimum Gasteiger partial charge on any atom is -0.271 e. The van der Waals surface area contributed by atoms with E-state index in [-0.39, 0.29) is 0 Å². The lowest BCUT2D eigenvalue weighted by molar-refractivity contribution is 0.169. The lowest BCUT2D eigenvalue weighted by Crippen LogP contribution is -2.44. The molecule has 3 N–H and O–H groups in total. The van der Waals surface area contributed by atoms with Gasteiger partial charge in [-0.1, -0.05) is 58.3 Å². The minimum atomic E-state index is 0.599. The van der Waals surface area contributed by atoms with Crippen LogP contribution in [0.1, 0.15) is 77.6 Å². The first kappa shape index (κ1) is 14.3. The van der Waals surface area contributed by atoms with E-state index in [4.69, 9.17) is 5.84 Å². The van der Waals surface area contributed by atoms with Crippen molar-refractivity contribution < 1.29 is 0 Å². The van der Waals surface area contributed by atoms with E-state index < -0.39 is 0 Å². The van der Waals surface area contributed by atoms with E-state index in [1.807, 2.05) is 0 Å². The number of hydrogen-bond acceptors (Lipinski definition) is 2. The highest BCUT2D eigenvalue weighted by atomic mass is 15.2. The first-order valence-electron chi connectivity index (χ1n) is 8.29. The molecule has 2 fully saturated rings. The number of hydrazine groups is 1. The Morgan fingerprint density at radius 3 is 2.28 bits per heavy atom. The largest absolute Gasteiger partial charge is 0.271 e. The van der Waals surface area contributed by atoms with Crippen LogP contribution in [0.5, 0.6) is 0 Å². The third-order valence-corrected chi connectivity index (χ3v) is 5.45. The van der Waals surface area contributed by atoms with E-state index in [1.165, 1.54) is 70.6 Å². The van der Waals surface area contributed by atoms with Crippen molar-refractivity contribution in [2.45, 2.75) is 83.6 Å². The fourth-order valence-corrected chi connectivity index (χ4v) is 3.86. The van der Waals surface area contributed by atoms with Crippen LogP contribution in [0.3, 0.4) is 0 Å². The number of nitrogens with one attached hydrogen (secondary N) is 1. The van der Waals surface area contributed by atoms with E-state index >= 15 is 0 Å². The van der Waals surface area contributed by atoms with Gasteiger partial charge in [0.1, 0.15) is 0 Å². The van der Waals surface area contributed by atoms with Gasteiger partial charge in [0, 0.05) is 6.04 Å². The zero-order chi connectivity index (χ0) is 12.8. The zero-order valence-electron chi connectivity index (χ0n) is 12.2. The first-order chi connectivity index (χ1) is 8.83. The van der Waals surface area contributed by atoms with Crippen molar-refractivity contribution in [3.05, 3.63) is 0 Å². The Balaban J connectivity index is 1.69. The Bertz CT molecular complexity index is 217. The van der Waals surface area contributed by atoms with Crippen LogP contribution >= 0.6 is 0 Å². The molecular weight excluding hydrogens is 220 g/mol. The molecule has 0 aromatic carbocycles. The smallest absolute Gasteiger partial charge is 0.0241 e. The fraction of sp³-hybridized carbons (Fsp3) is 1.00. The molecule has 106 valence electrons. The molecule has 2 aliphatic carbocycles. The van der Waals surface area contributed by atoms with Crippen molar-refractivity contribution in [2.75, 3.05) is 0 Å². The van der Waals surface area contributed by atoms with Crippen molar-refractivity contribution in [1.29, 1.82) is 0 Å². The first-order valence-corrected chi connectivity index (χ1v) is 8.29. The summed E-state index contributed by atoms with van der Waals surface area (Å²) in [5.41, 5.74) is 3.13. The summed E-state index contributed by atoms with van der Waals surface area (Å²) < 4.78 is 0. The van der Waals surface area contributed by atoms with Crippen LogP contribution in [0.25, 0.3) is 0 Å². The summed E-state index contributed by atoms with van der Waals surface area (Å²) in [6.45, 7) is 2.30. The maximum Gasteiger partial charge on any atom is 0.0241 e. The number of unbranched alkanes of at least 4 members (excludes halogenated alkanes) is 1. The van der Waals surface area contributed by atoms with Gasteiger partial charge in [0.2, 0.25) is 0 Å². The van der Waals surface area contributed by atoms with E-state index in [0.717, 1.165) is 17.8 Å². The molecule has 18 heavy (non-hydrogen) atoms. The highest BCUT2D eigenvalue weighted by molar-refractivity contribution is 4.84. The normalized spacial score (nSPS) is 31.0. The molecule has 0 aromatic heterocycles. The third-order valence-electron chi connectivity index (χ3n) is 5.45. The Morgan fingerprint density at radius 1 is 1.06 bits per heavy atom. The lowest BCUT2D eigenvalue weighted by atomic mass is 9.72. The van der Waals surface area contributed by atoms with Gasteiger partial charge in [0.25, 0.3) is 0 Å². The molecule has 1 atom stereocenters. The van der Waals surface area contributed by atoms with Crippen LogP contribution < -0.4 is 11.3 Å². The Morgan fingerprint density at radius 2 is 1.78 bits per heavy atom. The Hall–Kier alpha value is -0.0800. The van der Waals surface area contributed by atoms with E-state index in [1.54, 1.807) is 0 Å². The van der Waals surface area contributed by atoms with E-state index in [2.05, 4.69) is 12.3 Å². The monoisotopic (exact) mass is 252 g/mol. The summed E-state index contributed by atoms with van der Waals surface area (Å²) >= 11 is 0. The average Bonchev–Trinajstić information content (AvgIpc) is 2.36. The quantitative estimate of drug-likeness (QED) is 0.531. The lowest BCUT2D eigenvalue weighted by Gasteiger charge is -2.37. The summed E-state index contributed by atoms with van der Waals surface area (Å²) in [5.74, 6) is 8.64. The van der Waals surface area contributed by atoms with Crippen molar-refractivity contribution in [3.63, 3.8) is 0 Å². The van der Waals surface area contributed by atoms with Crippen molar-refractivity contribution >= 4 is 0 Å². The van der Waals surface area contributed by atoms with E-state index in [9.17, 15) is 0 Å². The molecule has 0 saturated heterocycles. The molecule has 2 heteroatoms. The maximum atomic E-state index is 5.80. The van der Waals surface area contributed by atoms with Gasteiger partial charge in [0.05, 0.1) is 0 Å². The Labute approximate surface area is 113 Å². The minimum absolute atomic E-state index is 0.599. The summed E-state index contributed by atoms with van der Waals surface area (Å²) in [5, 5.41) is 0. The second kappa shape index (κ2) is 7.49. The molecule has 2 saturated carbocycles. The molecule has 0 spiro atoms. The highest BCUT2D eigenvalue weighted by Gasteiger charge is 2.30. The van der Waals surface area contributed by atoms with Gasteiger partial charge in [-0.25, -0.2) is 0 Å². The van der Waals surface area contributed by atoms with Gasteiger partial charge < -0.3 is 0 Å². The summed E-state index contributed by atoms with van der Waals surface area (Å²) in [6.07, 6.45) is 15.7. The SMILES string of the molecule is CCCCC1CCC(C(CC2CCC2)NN)CC1. The summed E-state index contributed by atoms with van der Waals surface area (Å²) in [7, 11) is 0. The molecule has 0 radical (unpaired) electrons. The second-order valence-electron chi connectivity index (χ2n) is 6.73. The standard InChI is InChI=1S/C16H32N2/c1-2-3-5-13-8-10-15(11-9-13)16(18-17)12-14-6-4-7-14/h13-16,18H,2-12,17H2,1H3. The van der Waals surface area contributed by atoms with Crippen LogP contribution in [-0.4, -0.2) is 6.04 Å². The number of hydrogen-bond donors (Lipinski definition) is 2. The Kier molecular flexibility index (Phi) is 5.97. The van der Waals surface area contributed by atoms with Gasteiger partial charge >= 0.3 is 0 Å². The van der Waals surface area contributed by atoms with Crippen LogP contribution in [0.2, 0.25) is 0 Å². The molecule has 0 bridgehead atoms. The molecule has 0 aliphatic heterocycles. The molecule has 0 heterocycles. The molecule has 0 aromatic rings. The summed E-state index contributed by atoms with van der Waals surface area (Å²) in [4.78, 5) is 0. The molecule has 1 unspecified atom stereocenters. The topological polar surface area (TPSA) is 38.0 Å². The fourth-order valence-electron chi connectivity index (χ4n) is 3.86. The van der Waals surface area contributed by atoms with Gasteiger partial charge in [-0.05, 0) is 37.0 Å². The molecular formula is C16H32N2. The van der Waals surface area contributed by atoms with Crippen LogP contribution in [0.15, 0.2) is 0 Å². The predicted octanol–water partition coefficient (Wildman–Crippen LogP) is 4.01. The van der Waals surface area contributed by atoms with Crippen LogP contribution in [0.4, 0.5) is 0 Å². The second-order valence-corrected chi connectivity index (χ2v) is 6.73. The summed E-state index contributed by atoms with van der Waals surface area (Å²) in [6, 6.07) is 0.599. The third kappa shape index (κ3) is 3.96. The molecule has 2 nitrogen and oxygen atoms in total. The van der Waals surface area contributed by atoms with Gasteiger partial charge in [0.15, 0.2) is 0 Å². The number of nitrogens with two attached hydrogens (primary N) is 1.